The molecule has 0 aliphatic carbocycles. The summed E-state index contributed by atoms with van der Waals surface area (Å²) in [5.41, 5.74) is 0. The number of Topliss-reactive ketones (excluding diaryl/α,β-unsaturated/α-hetero) is 1. The molecule has 0 aliphatic heterocycles. The predicted molar refractivity (Wildman–Crippen MR) is 387 cm³/mol. The summed E-state index contributed by atoms with van der Waals surface area (Å²) < 4.78 is 64.2. The Morgan fingerprint density at radius 1 is 0.388 bits per heavy atom. The average molecular weight is 1440 g/mol. The molecule has 0 aromatic rings. The molecule has 576 valence electrons. The summed E-state index contributed by atoms with van der Waals surface area (Å²) in [6.45, 7) is 8.15. The number of allylic oxidation sites excluding steroid dienone is 2. The van der Waals surface area contributed by atoms with Gasteiger partial charge in [0.1, 0.15) is 18.3 Å². The van der Waals surface area contributed by atoms with Gasteiger partial charge in [-0.3, -0.25) is 46.9 Å². The summed E-state index contributed by atoms with van der Waals surface area (Å²) in [5, 5.41) is 31.3. The minimum Gasteiger partial charge on any atom is -0.462 e. The summed E-state index contributed by atoms with van der Waals surface area (Å²) in [7, 11) is -9.57. The fraction of sp³-hybridized carbons (Fsp3) is 0.890. The molecule has 0 aromatic carbocycles. The number of ketones is 1. The molecule has 25 heteroatoms. The van der Waals surface area contributed by atoms with Crippen molar-refractivity contribution < 1.29 is 90.2 Å². The molecule has 4 amide bonds. The number of ether oxygens (including phenoxy) is 3. The summed E-state index contributed by atoms with van der Waals surface area (Å²) in [5.74, 6) is -3.24. The second-order valence-electron chi connectivity index (χ2n) is 26.5. The van der Waals surface area contributed by atoms with Crippen LogP contribution in [0.15, 0.2) is 12.2 Å². The number of aliphatic hydroxyl groups is 2. The lowest BCUT2D eigenvalue weighted by Crippen LogP contribution is -2.43. The van der Waals surface area contributed by atoms with Crippen molar-refractivity contribution in [3.05, 3.63) is 12.2 Å². The number of phosphoric ester groups is 2. The number of aliphatic hydroxyl groups excluding tert-OH is 2. The quantitative estimate of drug-likeness (QED) is 0.00922. The monoisotopic (exact) mass is 1440 g/mol. The fourth-order valence-corrected chi connectivity index (χ4v) is 12.4. The van der Waals surface area contributed by atoms with Gasteiger partial charge in [-0.05, 0) is 70.6 Å². The van der Waals surface area contributed by atoms with Crippen LogP contribution in [0.1, 0.15) is 324 Å². The van der Waals surface area contributed by atoms with Gasteiger partial charge in [-0.2, -0.15) is 0 Å². The summed E-state index contributed by atoms with van der Waals surface area (Å²) >= 11 is 0. The van der Waals surface area contributed by atoms with Gasteiger partial charge >= 0.3 is 21.6 Å². The van der Waals surface area contributed by atoms with Crippen LogP contribution in [0.2, 0.25) is 0 Å². The van der Waals surface area contributed by atoms with E-state index in [1.807, 2.05) is 0 Å². The number of esters is 1. The van der Waals surface area contributed by atoms with Gasteiger partial charge in [-0.25, -0.2) is 9.13 Å². The SMILES string of the molecule is CCCCCC/C=C/CCCC(=O)O[C@H](CCCCCCCCCCC)CC(=O)NC(COCC[C@H](O)CCCCCCC)COP(=O)(O)OCCNC(=O)CC(=O)NCCOP(=O)(O)OCC(COCC[C@H](O)CCCCCCC)NC(=O)CC(=O)CCCCCCCCCCC. The Balaban J connectivity index is 5.45. The van der Waals surface area contributed by atoms with E-state index in [-0.39, 0.29) is 77.0 Å². The van der Waals surface area contributed by atoms with E-state index in [2.05, 4.69) is 68.0 Å². The maximum Gasteiger partial charge on any atom is 0.472 e. The Morgan fingerprint density at radius 2 is 0.765 bits per heavy atom. The van der Waals surface area contributed by atoms with Crippen molar-refractivity contribution in [3.63, 3.8) is 0 Å². The molecule has 0 fully saturated rings. The Morgan fingerprint density at radius 3 is 1.20 bits per heavy atom. The van der Waals surface area contributed by atoms with E-state index in [0.29, 0.717) is 44.9 Å². The molecule has 23 nitrogen and oxygen atoms in total. The first-order valence-electron chi connectivity index (χ1n) is 38.5. The van der Waals surface area contributed by atoms with Crippen molar-refractivity contribution in [1.29, 1.82) is 0 Å². The minimum atomic E-state index is -4.80. The first-order chi connectivity index (χ1) is 47.3. The van der Waals surface area contributed by atoms with Crippen LogP contribution < -0.4 is 21.3 Å². The minimum absolute atomic E-state index is 0.143. The maximum absolute atomic E-state index is 13.7. The lowest BCUT2D eigenvalue weighted by atomic mass is 10.0. The van der Waals surface area contributed by atoms with Crippen LogP contribution in [-0.4, -0.2) is 152 Å². The summed E-state index contributed by atoms with van der Waals surface area (Å²) in [6.07, 6.45) is 41.5. The van der Waals surface area contributed by atoms with Crippen molar-refractivity contribution in [2.45, 2.75) is 354 Å². The van der Waals surface area contributed by atoms with Crippen molar-refractivity contribution in [3.8, 4) is 0 Å². The molecular weight excluding hydrogens is 1300 g/mol. The van der Waals surface area contributed by atoms with Crippen LogP contribution in [0.3, 0.4) is 0 Å². The zero-order valence-corrected chi connectivity index (χ0v) is 63.5. The van der Waals surface area contributed by atoms with Crippen LogP contribution in [0.25, 0.3) is 0 Å². The largest absolute Gasteiger partial charge is 0.472 e. The number of carbonyl (C=O) groups excluding carboxylic acids is 6. The highest BCUT2D eigenvalue weighted by atomic mass is 31.2. The van der Waals surface area contributed by atoms with Gasteiger partial charge in [-0.15, -0.1) is 0 Å². The first-order valence-corrected chi connectivity index (χ1v) is 41.5. The molecule has 0 bridgehead atoms. The average Bonchev–Trinajstić information content (AvgIpc) is 1.04. The molecule has 0 radical (unpaired) electrons. The standard InChI is InChI=1S/C73H140N4O19P2/c1-6-11-16-21-24-27-30-35-40-45-67(80)56-71(83)76-63(59-90-52-48-65(78)43-38-33-19-14-9-4)61-94-97(86,87)92-54-50-74-69(81)58-70(82)75-51-55-93-98(88,89)95-62-64(60-91-53-49-66(79)44-39-34-20-15-10-5)77-72(84)57-68(46-41-36-31-28-25-22-17-12-7-2)96-73(85)47-42-37-32-29-26-23-18-13-8-3/h29,32,63-66,68,78-79H,6-28,30-31,33-62H2,1-5H3,(H,74,81)(H,75,82)(H,76,83)(H,77,84)(H,86,87)(H,88,89)/b32-29+/t63?,64?,65-,66-,68-/m1/s1. The molecule has 98 heavy (non-hydrogen) atoms. The second kappa shape index (κ2) is 67.0. The van der Waals surface area contributed by atoms with E-state index in [4.69, 9.17) is 32.3 Å². The molecule has 0 spiro atoms. The van der Waals surface area contributed by atoms with Crippen molar-refractivity contribution in [2.24, 2.45) is 0 Å². The number of rotatable bonds is 74. The number of carbonyl (C=O) groups is 6. The summed E-state index contributed by atoms with van der Waals surface area (Å²) in [4.78, 5) is 98.9. The van der Waals surface area contributed by atoms with Crippen LogP contribution >= 0.6 is 15.6 Å². The normalized spacial score (nSPS) is 14.5. The molecule has 0 aromatic heterocycles. The van der Waals surface area contributed by atoms with Crippen molar-refractivity contribution >= 4 is 51.0 Å². The van der Waals surface area contributed by atoms with E-state index in [0.717, 1.165) is 128 Å². The molecule has 0 rings (SSSR count). The van der Waals surface area contributed by atoms with E-state index in [9.17, 15) is 57.9 Å². The Bertz CT molecular complexity index is 2100. The zero-order valence-electron chi connectivity index (χ0n) is 61.7. The van der Waals surface area contributed by atoms with Gasteiger partial charge in [0.05, 0.1) is 76.8 Å². The highest BCUT2D eigenvalue weighted by Gasteiger charge is 2.28. The van der Waals surface area contributed by atoms with Crippen LogP contribution in [0.4, 0.5) is 0 Å². The first kappa shape index (κ1) is 94.8. The topological polar surface area (TPSA) is 330 Å². The molecule has 8 N–H and O–H groups in total. The molecule has 4 unspecified atom stereocenters. The Kier molecular flexibility index (Phi) is 64.8. The zero-order chi connectivity index (χ0) is 72.4. The van der Waals surface area contributed by atoms with Gasteiger partial charge in [0.2, 0.25) is 23.6 Å². The smallest absolute Gasteiger partial charge is 0.462 e. The van der Waals surface area contributed by atoms with Gasteiger partial charge in [0.25, 0.3) is 0 Å². The van der Waals surface area contributed by atoms with Crippen LogP contribution in [0.5, 0.6) is 0 Å². The third-order valence-corrected chi connectivity index (χ3v) is 18.8. The van der Waals surface area contributed by atoms with Gasteiger partial charge in [-0.1, -0.05) is 233 Å². The number of amides is 4. The molecule has 0 saturated carbocycles. The highest BCUT2D eigenvalue weighted by Crippen LogP contribution is 2.44. The van der Waals surface area contributed by atoms with E-state index < -0.39 is 103 Å². The molecule has 0 saturated heterocycles. The number of unbranched alkanes of at least 4 members (excludes halogenated alkanes) is 29. The lowest BCUT2D eigenvalue weighted by Gasteiger charge is -2.23. The maximum atomic E-state index is 13.7. The van der Waals surface area contributed by atoms with Gasteiger partial charge < -0.3 is 55.5 Å². The lowest BCUT2D eigenvalue weighted by molar-refractivity contribution is -0.151. The number of phosphoric acid groups is 2. The van der Waals surface area contributed by atoms with Gasteiger partial charge in [0, 0.05) is 39.1 Å². The second-order valence-corrected chi connectivity index (χ2v) is 29.4. The molecule has 0 aliphatic rings. The fourth-order valence-electron chi connectivity index (χ4n) is 10.9. The van der Waals surface area contributed by atoms with Crippen molar-refractivity contribution in [2.75, 3.05) is 65.9 Å². The Hall–Kier alpha value is -3.18. The Labute approximate surface area is 592 Å². The van der Waals surface area contributed by atoms with Crippen LogP contribution in [0, 0.1) is 0 Å². The van der Waals surface area contributed by atoms with E-state index in [1.54, 1.807) is 0 Å². The van der Waals surface area contributed by atoms with Gasteiger partial charge in [0.15, 0.2) is 0 Å². The van der Waals surface area contributed by atoms with Crippen molar-refractivity contribution in [1.82, 2.24) is 21.3 Å². The molecular formula is C73H140N4O19P2. The number of nitrogens with one attached hydrogen (secondary N) is 4. The summed E-state index contributed by atoms with van der Waals surface area (Å²) in [6, 6.07) is -1.91. The number of hydrogen-bond acceptors (Lipinski definition) is 17. The number of hydrogen-bond donors (Lipinski definition) is 8. The third kappa shape index (κ3) is 64.9. The molecule has 7 atom stereocenters. The predicted octanol–water partition coefficient (Wildman–Crippen LogP) is 14.9. The molecule has 0 heterocycles. The van der Waals surface area contributed by atoms with E-state index in [1.165, 1.54) is 83.5 Å². The third-order valence-electron chi connectivity index (χ3n) is 16.8. The van der Waals surface area contributed by atoms with E-state index >= 15 is 0 Å². The highest BCUT2D eigenvalue weighted by molar-refractivity contribution is 7.47. The van der Waals surface area contributed by atoms with Crippen LogP contribution in [-0.2, 0) is 70.2 Å².